The molecule has 78 valence electrons. The molecular weight excluding hydrogens is 226 g/mol. The molecule has 0 saturated heterocycles. The quantitative estimate of drug-likeness (QED) is 0.762. The first-order valence-corrected chi connectivity index (χ1v) is 4.62. The van der Waals surface area contributed by atoms with Gasteiger partial charge in [-0.05, 0) is 24.8 Å². The van der Waals surface area contributed by atoms with Crippen LogP contribution in [0, 0.1) is 5.95 Å². The smallest absolute Gasteiger partial charge is 0.217 e. The lowest BCUT2D eigenvalue weighted by atomic mass is 9.77. The summed E-state index contributed by atoms with van der Waals surface area (Å²) in [4.78, 5) is 3.56. The number of aromatic nitrogens is 1. The average Bonchev–Trinajstić information content (AvgIpc) is 2.00. The molecule has 0 amide bonds. The van der Waals surface area contributed by atoms with Crippen LogP contribution in [0.15, 0.2) is 12.1 Å². The molecule has 2 N–H and O–H groups in total. The average molecular weight is 237 g/mol. The van der Waals surface area contributed by atoms with E-state index >= 15 is 0 Å². The van der Waals surface area contributed by atoms with Crippen molar-refractivity contribution in [1.82, 2.24) is 4.98 Å². The van der Waals surface area contributed by atoms with Gasteiger partial charge in [0.25, 0.3) is 0 Å². The first kappa shape index (κ1) is 11.7. The third-order valence-electron chi connectivity index (χ3n) is 2.46. The number of hydrogen-bond donors (Lipinski definition) is 1. The largest absolute Gasteiger partial charge is 0.328 e. The van der Waals surface area contributed by atoms with Gasteiger partial charge in [-0.2, -0.15) is 4.39 Å². The minimum Gasteiger partial charge on any atom is -0.328 e. The summed E-state index contributed by atoms with van der Waals surface area (Å²) in [5.41, 5.74) is 6.26. The topological polar surface area (TPSA) is 38.9 Å². The number of halogens is 3. The van der Waals surface area contributed by atoms with Crippen molar-refractivity contribution in [1.29, 1.82) is 0 Å². The van der Waals surface area contributed by atoms with Crippen molar-refractivity contribution in [2.24, 2.45) is 5.73 Å². The van der Waals surface area contributed by atoms with Gasteiger partial charge in [0.15, 0.2) is 0 Å². The number of nitrogens with zero attached hydrogens (tertiary/aromatic N) is 1. The van der Waals surface area contributed by atoms with Crippen molar-refractivity contribution >= 4 is 24.0 Å². The molecular formula is C9H11Cl2FN2. The minimum atomic E-state index is -0.454. The van der Waals surface area contributed by atoms with E-state index in [0.717, 1.165) is 12.8 Å². The maximum atomic E-state index is 13.2. The third-order valence-corrected chi connectivity index (χ3v) is 2.67. The molecule has 1 saturated carbocycles. The minimum absolute atomic E-state index is 0. The molecule has 0 unspecified atom stereocenters. The molecule has 0 radical (unpaired) electrons. The molecule has 1 aromatic heterocycles. The van der Waals surface area contributed by atoms with Crippen LogP contribution in [0.3, 0.4) is 0 Å². The van der Waals surface area contributed by atoms with Crippen LogP contribution >= 0.6 is 24.0 Å². The fourth-order valence-electron chi connectivity index (χ4n) is 1.64. The summed E-state index contributed by atoms with van der Waals surface area (Å²) < 4.78 is 13.2. The summed E-state index contributed by atoms with van der Waals surface area (Å²) >= 11 is 5.54. The van der Waals surface area contributed by atoms with E-state index < -0.39 is 5.95 Å². The molecule has 1 heterocycles. The molecule has 14 heavy (non-hydrogen) atoms. The molecule has 2 nitrogen and oxygen atoms in total. The summed E-state index contributed by atoms with van der Waals surface area (Å²) in [6.45, 7) is 0. The lowest BCUT2D eigenvalue weighted by Crippen LogP contribution is -2.35. The molecule has 0 atom stereocenters. The van der Waals surface area contributed by atoms with Gasteiger partial charge >= 0.3 is 0 Å². The molecule has 5 heteroatoms. The van der Waals surface area contributed by atoms with Gasteiger partial charge in [-0.15, -0.1) is 12.4 Å². The van der Waals surface area contributed by atoms with E-state index in [-0.39, 0.29) is 29.5 Å². The Kier molecular flexibility index (Phi) is 3.70. The number of nitrogens with two attached hydrogens (primary N) is 1. The Balaban J connectivity index is 0.000000980. The molecule has 0 bridgehead atoms. The summed E-state index contributed by atoms with van der Waals surface area (Å²) in [7, 11) is 0. The van der Waals surface area contributed by atoms with Crippen molar-refractivity contribution in [3.63, 3.8) is 0 Å². The summed E-state index contributed by atoms with van der Waals surface area (Å²) in [6.07, 6.45) is 1.69. The standard InChI is InChI=1S/C9H10ClFN2.ClH/c10-8-2-1-7(9(11)13-8)5-3-6(12)4-5;/h1-2,5-6H,3-4,12H2;1H. The number of hydrogen-bond acceptors (Lipinski definition) is 2. The van der Waals surface area contributed by atoms with Crippen molar-refractivity contribution in [2.75, 3.05) is 0 Å². The van der Waals surface area contributed by atoms with E-state index in [9.17, 15) is 4.39 Å². The second kappa shape index (κ2) is 4.43. The Morgan fingerprint density at radius 2 is 2.07 bits per heavy atom. The van der Waals surface area contributed by atoms with Crippen LogP contribution in [0.2, 0.25) is 5.15 Å². The van der Waals surface area contributed by atoms with Gasteiger partial charge in [-0.3, -0.25) is 0 Å². The van der Waals surface area contributed by atoms with E-state index in [2.05, 4.69) is 4.98 Å². The van der Waals surface area contributed by atoms with Gasteiger partial charge < -0.3 is 5.73 Å². The van der Waals surface area contributed by atoms with Gasteiger partial charge in [0.05, 0.1) is 0 Å². The fourth-order valence-corrected chi connectivity index (χ4v) is 1.78. The highest BCUT2D eigenvalue weighted by Crippen LogP contribution is 2.36. The van der Waals surface area contributed by atoms with Crippen LogP contribution in [-0.2, 0) is 0 Å². The van der Waals surface area contributed by atoms with Crippen LogP contribution in [0.1, 0.15) is 24.3 Å². The van der Waals surface area contributed by atoms with E-state index in [1.165, 1.54) is 0 Å². The highest BCUT2D eigenvalue weighted by atomic mass is 35.5. The van der Waals surface area contributed by atoms with Gasteiger partial charge in [-0.25, -0.2) is 4.98 Å². The monoisotopic (exact) mass is 236 g/mol. The second-order valence-corrected chi connectivity index (χ2v) is 3.83. The predicted octanol–water partition coefficient (Wildman–Crippen LogP) is 2.50. The van der Waals surface area contributed by atoms with E-state index in [1.54, 1.807) is 12.1 Å². The molecule has 0 spiro atoms. The Morgan fingerprint density at radius 1 is 1.43 bits per heavy atom. The molecule has 2 rings (SSSR count). The number of rotatable bonds is 1. The predicted molar refractivity (Wildman–Crippen MR) is 56.4 cm³/mol. The lowest BCUT2D eigenvalue weighted by Gasteiger charge is -2.32. The lowest BCUT2D eigenvalue weighted by molar-refractivity contribution is 0.339. The SMILES string of the molecule is Cl.NC1CC(c2ccc(Cl)nc2F)C1. The van der Waals surface area contributed by atoms with E-state index in [0.29, 0.717) is 5.56 Å². The van der Waals surface area contributed by atoms with E-state index in [1.807, 2.05) is 0 Å². The Morgan fingerprint density at radius 3 is 2.57 bits per heavy atom. The molecule has 0 aromatic carbocycles. The van der Waals surface area contributed by atoms with Crippen LogP contribution in [0.25, 0.3) is 0 Å². The summed E-state index contributed by atoms with van der Waals surface area (Å²) in [5, 5.41) is 0.199. The fraction of sp³-hybridized carbons (Fsp3) is 0.444. The number of pyridine rings is 1. The van der Waals surface area contributed by atoms with Gasteiger partial charge in [0.2, 0.25) is 5.95 Å². The molecule has 1 aliphatic rings. The van der Waals surface area contributed by atoms with Crippen LogP contribution in [0.5, 0.6) is 0 Å². The zero-order chi connectivity index (χ0) is 9.42. The van der Waals surface area contributed by atoms with Crippen molar-refractivity contribution in [3.8, 4) is 0 Å². The molecule has 1 aliphatic carbocycles. The highest BCUT2D eigenvalue weighted by Gasteiger charge is 2.29. The maximum absolute atomic E-state index is 13.2. The van der Waals surface area contributed by atoms with Crippen molar-refractivity contribution in [3.05, 3.63) is 28.8 Å². The van der Waals surface area contributed by atoms with Gasteiger partial charge in [-0.1, -0.05) is 17.7 Å². The zero-order valence-corrected chi connectivity index (χ0v) is 8.98. The summed E-state index contributed by atoms with van der Waals surface area (Å²) in [6, 6.07) is 3.53. The summed E-state index contributed by atoms with van der Waals surface area (Å²) in [5.74, 6) is -0.218. The van der Waals surface area contributed by atoms with Gasteiger partial charge in [0, 0.05) is 11.6 Å². The zero-order valence-electron chi connectivity index (χ0n) is 7.41. The molecule has 1 aromatic rings. The third kappa shape index (κ3) is 2.16. The normalized spacial score (nSPS) is 25.1. The Bertz CT molecular complexity index is 327. The van der Waals surface area contributed by atoms with Crippen LogP contribution in [0.4, 0.5) is 4.39 Å². The van der Waals surface area contributed by atoms with Crippen LogP contribution in [-0.4, -0.2) is 11.0 Å². The maximum Gasteiger partial charge on any atom is 0.217 e. The Hall–Kier alpha value is -0.380. The van der Waals surface area contributed by atoms with E-state index in [4.69, 9.17) is 17.3 Å². The van der Waals surface area contributed by atoms with Crippen molar-refractivity contribution < 1.29 is 4.39 Å². The first-order chi connectivity index (χ1) is 6.16. The molecule has 0 aliphatic heterocycles. The highest BCUT2D eigenvalue weighted by molar-refractivity contribution is 6.29. The Labute approximate surface area is 93.1 Å². The first-order valence-electron chi connectivity index (χ1n) is 4.24. The van der Waals surface area contributed by atoms with Gasteiger partial charge in [0.1, 0.15) is 5.15 Å². The molecule has 1 fully saturated rings. The van der Waals surface area contributed by atoms with Crippen molar-refractivity contribution in [2.45, 2.75) is 24.8 Å². The second-order valence-electron chi connectivity index (χ2n) is 3.44. The van der Waals surface area contributed by atoms with Crippen LogP contribution < -0.4 is 5.73 Å².